The number of unbranched alkanes of at least 4 members (excludes halogenated alkanes) is 2. The standard InChI is InChI=1S/C20H24N2O2/c1-3-4-9-14-24-18-13-8-6-11-16(18)19-21-17-12-7-5-10-15(17)20(23)22(19)2/h5-8,10-13,19,21H,3-4,9,14H2,1-2H3. The summed E-state index contributed by atoms with van der Waals surface area (Å²) in [6.07, 6.45) is 3.15. The zero-order valence-electron chi connectivity index (χ0n) is 14.3. The summed E-state index contributed by atoms with van der Waals surface area (Å²) in [5.41, 5.74) is 2.56. The molecule has 1 amide bonds. The Morgan fingerprint density at radius 2 is 1.83 bits per heavy atom. The molecule has 1 N–H and O–H groups in total. The molecule has 0 radical (unpaired) electrons. The summed E-state index contributed by atoms with van der Waals surface area (Å²) < 4.78 is 5.99. The van der Waals surface area contributed by atoms with Crippen molar-refractivity contribution in [2.24, 2.45) is 0 Å². The zero-order chi connectivity index (χ0) is 16.9. The minimum Gasteiger partial charge on any atom is -0.493 e. The van der Waals surface area contributed by atoms with E-state index >= 15 is 0 Å². The van der Waals surface area contributed by atoms with Crippen molar-refractivity contribution in [2.75, 3.05) is 19.0 Å². The van der Waals surface area contributed by atoms with Gasteiger partial charge in [-0.2, -0.15) is 0 Å². The maximum Gasteiger partial charge on any atom is 0.257 e. The molecule has 24 heavy (non-hydrogen) atoms. The van der Waals surface area contributed by atoms with E-state index in [1.54, 1.807) is 4.90 Å². The third-order valence-corrected chi connectivity index (χ3v) is 4.38. The van der Waals surface area contributed by atoms with Gasteiger partial charge in [0.05, 0.1) is 12.2 Å². The molecule has 2 aromatic carbocycles. The largest absolute Gasteiger partial charge is 0.493 e. The Balaban J connectivity index is 1.85. The van der Waals surface area contributed by atoms with Crippen LogP contribution in [0, 0.1) is 0 Å². The molecule has 126 valence electrons. The number of nitrogens with one attached hydrogen (secondary N) is 1. The number of anilines is 1. The molecule has 1 unspecified atom stereocenters. The third kappa shape index (κ3) is 3.23. The lowest BCUT2D eigenvalue weighted by Crippen LogP contribution is -2.40. The first kappa shape index (κ1) is 16.4. The Kier molecular flexibility index (Phi) is 5.04. The topological polar surface area (TPSA) is 41.6 Å². The number of carbonyl (C=O) groups is 1. The fraction of sp³-hybridized carbons (Fsp3) is 0.350. The van der Waals surface area contributed by atoms with Crippen LogP contribution in [0.25, 0.3) is 0 Å². The first-order chi connectivity index (χ1) is 11.7. The number of carbonyl (C=O) groups excluding carboxylic acids is 1. The molecule has 0 fully saturated rings. The smallest absolute Gasteiger partial charge is 0.257 e. The second-order valence-electron chi connectivity index (χ2n) is 6.10. The molecule has 0 saturated carbocycles. The van der Waals surface area contributed by atoms with Gasteiger partial charge in [-0.25, -0.2) is 0 Å². The predicted molar refractivity (Wildman–Crippen MR) is 96.4 cm³/mol. The van der Waals surface area contributed by atoms with Crippen molar-refractivity contribution in [3.63, 3.8) is 0 Å². The third-order valence-electron chi connectivity index (χ3n) is 4.38. The van der Waals surface area contributed by atoms with Crippen LogP contribution < -0.4 is 10.1 Å². The van der Waals surface area contributed by atoms with Gasteiger partial charge < -0.3 is 15.0 Å². The van der Waals surface area contributed by atoms with Crippen molar-refractivity contribution >= 4 is 11.6 Å². The number of hydrogen-bond donors (Lipinski definition) is 1. The van der Waals surface area contributed by atoms with Crippen LogP contribution in [0.1, 0.15) is 48.3 Å². The molecule has 4 nitrogen and oxygen atoms in total. The lowest BCUT2D eigenvalue weighted by molar-refractivity contribution is 0.0733. The average Bonchev–Trinajstić information content (AvgIpc) is 2.62. The van der Waals surface area contributed by atoms with E-state index in [0.717, 1.165) is 29.8 Å². The van der Waals surface area contributed by atoms with E-state index < -0.39 is 0 Å². The van der Waals surface area contributed by atoms with Gasteiger partial charge in [0, 0.05) is 18.3 Å². The summed E-state index contributed by atoms with van der Waals surface area (Å²) in [4.78, 5) is 14.4. The number of amides is 1. The molecule has 3 rings (SSSR count). The van der Waals surface area contributed by atoms with Gasteiger partial charge in [-0.3, -0.25) is 4.79 Å². The zero-order valence-corrected chi connectivity index (χ0v) is 14.3. The molecule has 4 heteroatoms. The Morgan fingerprint density at radius 3 is 2.67 bits per heavy atom. The SMILES string of the molecule is CCCCCOc1ccccc1C1Nc2ccccc2C(=O)N1C. The normalized spacial score (nSPS) is 16.5. The van der Waals surface area contributed by atoms with Crippen molar-refractivity contribution < 1.29 is 9.53 Å². The molecule has 0 bridgehead atoms. The highest BCUT2D eigenvalue weighted by Crippen LogP contribution is 2.35. The van der Waals surface area contributed by atoms with Gasteiger partial charge in [0.15, 0.2) is 0 Å². The van der Waals surface area contributed by atoms with Crippen molar-refractivity contribution in [2.45, 2.75) is 32.4 Å². The maximum atomic E-state index is 12.7. The minimum absolute atomic E-state index is 0.0233. The van der Waals surface area contributed by atoms with E-state index in [-0.39, 0.29) is 12.1 Å². The maximum absolute atomic E-state index is 12.7. The van der Waals surface area contributed by atoms with Crippen LogP contribution >= 0.6 is 0 Å². The molecule has 2 aromatic rings. The van der Waals surface area contributed by atoms with E-state index in [9.17, 15) is 4.79 Å². The van der Waals surface area contributed by atoms with Crippen LogP contribution in [-0.4, -0.2) is 24.5 Å². The molecule has 0 saturated heterocycles. The second-order valence-corrected chi connectivity index (χ2v) is 6.10. The lowest BCUT2D eigenvalue weighted by atomic mass is 10.0. The van der Waals surface area contributed by atoms with Gasteiger partial charge in [0.25, 0.3) is 5.91 Å². The second kappa shape index (κ2) is 7.39. The summed E-state index contributed by atoms with van der Waals surface area (Å²) in [7, 11) is 1.82. The molecule has 0 aromatic heterocycles. The molecule has 1 heterocycles. The highest BCUT2D eigenvalue weighted by atomic mass is 16.5. The number of benzene rings is 2. The molecule has 1 aliphatic heterocycles. The molecule has 0 spiro atoms. The van der Waals surface area contributed by atoms with Crippen LogP contribution in [0.2, 0.25) is 0 Å². The van der Waals surface area contributed by atoms with Crippen LogP contribution in [0.4, 0.5) is 5.69 Å². The van der Waals surface area contributed by atoms with Crippen LogP contribution in [0.15, 0.2) is 48.5 Å². The number of rotatable bonds is 6. The summed E-state index contributed by atoms with van der Waals surface area (Å²) in [6, 6.07) is 15.6. The molecular formula is C20H24N2O2. The van der Waals surface area contributed by atoms with Gasteiger partial charge in [-0.05, 0) is 24.6 Å². The highest BCUT2D eigenvalue weighted by Gasteiger charge is 2.31. The number of ether oxygens (including phenoxy) is 1. The van der Waals surface area contributed by atoms with Crippen molar-refractivity contribution in [3.05, 3.63) is 59.7 Å². The van der Waals surface area contributed by atoms with E-state index in [1.165, 1.54) is 6.42 Å². The van der Waals surface area contributed by atoms with Crippen LogP contribution in [-0.2, 0) is 0 Å². The van der Waals surface area contributed by atoms with Crippen LogP contribution in [0.5, 0.6) is 5.75 Å². The van der Waals surface area contributed by atoms with Gasteiger partial charge >= 0.3 is 0 Å². The van der Waals surface area contributed by atoms with Gasteiger partial charge in [0.2, 0.25) is 0 Å². The van der Waals surface area contributed by atoms with Gasteiger partial charge in [-0.1, -0.05) is 50.1 Å². The first-order valence-electron chi connectivity index (χ1n) is 8.57. The Bertz CT molecular complexity index is 714. The van der Waals surface area contributed by atoms with Gasteiger partial charge in [0.1, 0.15) is 11.9 Å². The summed E-state index contributed by atoms with van der Waals surface area (Å²) in [5, 5.41) is 3.46. The Morgan fingerprint density at radius 1 is 1.08 bits per heavy atom. The van der Waals surface area contributed by atoms with Crippen molar-refractivity contribution in [1.82, 2.24) is 4.90 Å². The minimum atomic E-state index is -0.227. The van der Waals surface area contributed by atoms with Gasteiger partial charge in [-0.15, -0.1) is 0 Å². The molecule has 0 aliphatic carbocycles. The summed E-state index contributed by atoms with van der Waals surface area (Å²) >= 11 is 0. The average molecular weight is 324 g/mol. The van der Waals surface area contributed by atoms with Crippen molar-refractivity contribution in [1.29, 1.82) is 0 Å². The van der Waals surface area contributed by atoms with Crippen LogP contribution in [0.3, 0.4) is 0 Å². The van der Waals surface area contributed by atoms with E-state index in [2.05, 4.69) is 12.2 Å². The fourth-order valence-electron chi connectivity index (χ4n) is 3.01. The van der Waals surface area contributed by atoms with E-state index in [4.69, 9.17) is 4.74 Å². The first-order valence-corrected chi connectivity index (χ1v) is 8.57. The fourth-order valence-corrected chi connectivity index (χ4v) is 3.01. The molecule has 1 aliphatic rings. The number of nitrogens with zero attached hydrogens (tertiary/aromatic N) is 1. The highest BCUT2D eigenvalue weighted by molar-refractivity contribution is 6.01. The Hall–Kier alpha value is -2.49. The number of hydrogen-bond acceptors (Lipinski definition) is 3. The number of fused-ring (bicyclic) bond motifs is 1. The summed E-state index contributed by atoms with van der Waals surface area (Å²) in [6.45, 7) is 2.88. The van der Waals surface area contributed by atoms with Crippen molar-refractivity contribution in [3.8, 4) is 5.75 Å². The summed E-state index contributed by atoms with van der Waals surface area (Å²) in [5.74, 6) is 0.861. The number of para-hydroxylation sites is 2. The Labute approximate surface area is 143 Å². The monoisotopic (exact) mass is 324 g/mol. The molecule has 1 atom stereocenters. The lowest BCUT2D eigenvalue weighted by Gasteiger charge is -2.36. The quantitative estimate of drug-likeness (QED) is 0.798. The molecular weight excluding hydrogens is 300 g/mol. The van der Waals surface area contributed by atoms with E-state index in [0.29, 0.717) is 12.2 Å². The van der Waals surface area contributed by atoms with E-state index in [1.807, 2.05) is 55.6 Å². The predicted octanol–water partition coefficient (Wildman–Crippen LogP) is 4.45.